The van der Waals surface area contributed by atoms with E-state index in [0.29, 0.717) is 5.56 Å². The molecule has 0 aliphatic carbocycles. The van der Waals surface area contributed by atoms with Gasteiger partial charge in [0, 0.05) is 12.6 Å². The summed E-state index contributed by atoms with van der Waals surface area (Å²) in [6.07, 6.45) is -4.18. The normalized spacial score (nSPS) is 11.4. The number of nitrogens with one attached hydrogen (secondary N) is 1. The van der Waals surface area contributed by atoms with Gasteiger partial charge in [0.1, 0.15) is 22.1 Å². The number of alkyl halides is 3. The average Bonchev–Trinajstić information content (AvgIpc) is 2.52. The Morgan fingerprint density at radius 3 is 2.24 bits per heavy atom. The van der Waals surface area contributed by atoms with E-state index in [1.165, 1.54) is 12.1 Å². The highest BCUT2D eigenvalue weighted by Gasteiger charge is 2.29. The van der Waals surface area contributed by atoms with Crippen molar-refractivity contribution < 1.29 is 33.3 Å². The van der Waals surface area contributed by atoms with E-state index in [2.05, 4.69) is 5.32 Å². The first-order valence-corrected chi connectivity index (χ1v) is 7.36. The maximum atomic E-state index is 12.5. The molecule has 4 N–H and O–H groups in total. The maximum Gasteiger partial charge on any atom is 0.416 e. The van der Waals surface area contributed by atoms with Crippen molar-refractivity contribution >= 4 is 17.5 Å². The van der Waals surface area contributed by atoms with E-state index in [4.69, 9.17) is 11.6 Å². The number of carbonyl (C=O) groups excluding carboxylic acids is 1. The van der Waals surface area contributed by atoms with Gasteiger partial charge in [-0.1, -0.05) is 23.7 Å². The molecule has 2 aromatic carbocycles. The lowest BCUT2D eigenvalue weighted by Crippen LogP contribution is -2.26. The van der Waals surface area contributed by atoms with Gasteiger partial charge in [0.05, 0.1) is 5.56 Å². The number of hydrogen-bond donors (Lipinski definition) is 4. The van der Waals surface area contributed by atoms with Crippen LogP contribution in [0.5, 0.6) is 17.2 Å². The quantitative estimate of drug-likeness (QED) is 0.659. The molecule has 0 spiro atoms. The van der Waals surface area contributed by atoms with Crippen LogP contribution in [0, 0.1) is 0 Å². The van der Waals surface area contributed by atoms with Crippen LogP contribution in [0.15, 0.2) is 30.3 Å². The first kappa shape index (κ1) is 18.7. The number of halogens is 4. The summed E-state index contributed by atoms with van der Waals surface area (Å²) in [7, 11) is 0. The van der Waals surface area contributed by atoms with Crippen LogP contribution in [0.1, 0.15) is 21.5 Å². The van der Waals surface area contributed by atoms with Crippen LogP contribution in [-0.4, -0.2) is 27.8 Å². The predicted octanol–water partition coefficient (Wildman–Crippen LogP) is 3.45. The number of hydrogen-bond acceptors (Lipinski definition) is 4. The Balaban J connectivity index is 2.01. The third-order valence-corrected chi connectivity index (χ3v) is 3.78. The average molecular weight is 376 g/mol. The lowest BCUT2D eigenvalue weighted by Gasteiger charge is -2.11. The monoisotopic (exact) mass is 375 g/mol. The smallest absolute Gasteiger partial charge is 0.416 e. The summed E-state index contributed by atoms with van der Waals surface area (Å²) < 4.78 is 37.4. The maximum absolute atomic E-state index is 12.5. The second kappa shape index (κ2) is 7.10. The fourth-order valence-electron chi connectivity index (χ4n) is 2.11. The van der Waals surface area contributed by atoms with Gasteiger partial charge in [-0.15, -0.1) is 0 Å². The molecule has 0 fully saturated rings. The molecule has 0 radical (unpaired) electrons. The van der Waals surface area contributed by atoms with E-state index in [1.807, 2.05) is 0 Å². The highest BCUT2D eigenvalue weighted by atomic mass is 35.5. The molecule has 0 aliphatic heterocycles. The van der Waals surface area contributed by atoms with Gasteiger partial charge in [-0.3, -0.25) is 4.79 Å². The van der Waals surface area contributed by atoms with Gasteiger partial charge in [-0.25, -0.2) is 0 Å². The molecule has 1 amide bonds. The van der Waals surface area contributed by atoms with Crippen LogP contribution >= 0.6 is 11.6 Å². The molecule has 0 atom stereocenters. The fourth-order valence-corrected chi connectivity index (χ4v) is 2.26. The Bertz CT molecular complexity index is 791. The predicted molar refractivity (Wildman–Crippen MR) is 83.9 cm³/mol. The minimum atomic E-state index is -4.42. The van der Waals surface area contributed by atoms with Crippen molar-refractivity contribution in [1.29, 1.82) is 0 Å². The zero-order valence-electron chi connectivity index (χ0n) is 12.6. The van der Waals surface area contributed by atoms with E-state index < -0.39 is 45.5 Å². The van der Waals surface area contributed by atoms with Gasteiger partial charge in [0.15, 0.2) is 5.75 Å². The van der Waals surface area contributed by atoms with E-state index >= 15 is 0 Å². The molecule has 0 heterocycles. The van der Waals surface area contributed by atoms with Crippen molar-refractivity contribution in [3.63, 3.8) is 0 Å². The molecule has 9 heteroatoms. The van der Waals surface area contributed by atoms with Gasteiger partial charge >= 0.3 is 6.18 Å². The summed E-state index contributed by atoms with van der Waals surface area (Å²) in [5.74, 6) is -2.86. The summed E-state index contributed by atoms with van der Waals surface area (Å²) in [4.78, 5) is 12.0. The standard InChI is InChI=1S/C16H13ClF3NO4/c17-13-11(23)7-10(22)12(14(13)24)15(25)21-6-5-8-1-3-9(4-2-8)16(18,19)20/h1-4,7,22-24H,5-6H2,(H,21,25). The lowest BCUT2D eigenvalue weighted by atomic mass is 10.1. The number of rotatable bonds is 4. The summed E-state index contributed by atoms with van der Waals surface area (Å²) in [5, 5.41) is 30.6. The van der Waals surface area contributed by atoms with Crippen LogP contribution < -0.4 is 5.32 Å². The molecule has 25 heavy (non-hydrogen) atoms. The van der Waals surface area contributed by atoms with Gasteiger partial charge in [-0.2, -0.15) is 13.2 Å². The molecule has 2 aromatic rings. The van der Waals surface area contributed by atoms with E-state index in [9.17, 15) is 33.3 Å². The summed E-state index contributed by atoms with van der Waals surface area (Å²) >= 11 is 5.60. The van der Waals surface area contributed by atoms with E-state index in [0.717, 1.165) is 18.2 Å². The molecule has 134 valence electrons. The lowest BCUT2D eigenvalue weighted by molar-refractivity contribution is -0.137. The first-order valence-electron chi connectivity index (χ1n) is 6.99. The summed E-state index contributed by atoms with van der Waals surface area (Å²) in [6, 6.07) is 5.28. The highest BCUT2D eigenvalue weighted by molar-refractivity contribution is 6.34. The Kier molecular flexibility index (Phi) is 5.32. The number of phenols is 3. The number of phenolic OH excluding ortho intramolecular Hbond substituents is 3. The van der Waals surface area contributed by atoms with E-state index in [-0.39, 0.29) is 13.0 Å². The van der Waals surface area contributed by atoms with Crippen LogP contribution in [0.25, 0.3) is 0 Å². The fraction of sp³-hybridized carbons (Fsp3) is 0.188. The zero-order chi connectivity index (χ0) is 18.8. The SMILES string of the molecule is O=C(NCCc1ccc(C(F)(F)F)cc1)c1c(O)cc(O)c(Cl)c1O. The second-order valence-electron chi connectivity index (χ2n) is 5.15. The molecular formula is C16H13ClF3NO4. The molecule has 0 aromatic heterocycles. The van der Waals surface area contributed by atoms with Crippen molar-refractivity contribution in [2.75, 3.05) is 6.54 Å². The Morgan fingerprint density at radius 1 is 1.08 bits per heavy atom. The Hall–Kier alpha value is -2.61. The second-order valence-corrected chi connectivity index (χ2v) is 5.53. The molecule has 0 saturated carbocycles. The van der Waals surface area contributed by atoms with E-state index in [1.54, 1.807) is 0 Å². The third-order valence-electron chi connectivity index (χ3n) is 3.41. The van der Waals surface area contributed by atoms with Crippen molar-refractivity contribution in [1.82, 2.24) is 5.32 Å². The number of aromatic hydroxyl groups is 3. The Labute approximate surface area is 145 Å². The van der Waals surface area contributed by atoms with Crippen molar-refractivity contribution in [3.8, 4) is 17.2 Å². The largest absolute Gasteiger partial charge is 0.507 e. The number of amides is 1. The molecular weight excluding hydrogens is 363 g/mol. The van der Waals surface area contributed by atoms with Crippen LogP contribution in [0.2, 0.25) is 5.02 Å². The molecule has 0 aliphatic rings. The van der Waals surface area contributed by atoms with Crippen molar-refractivity contribution in [2.45, 2.75) is 12.6 Å². The van der Waals surface area contributed by atoms with Gasteiger partial charge in [0.25, 0.3) is 5.91 Å². The molecule has 0 bridgehead atoms. The first-order chi connectivity index (χ1) is 11.6. The number of carbonyl (C=O) groups is 1. The number of benzene rings is 2. The van der Waals surface area contributed by atoms with Gasteiger partial charge in [0.2, 0.25) is 0 Å². The summed E-state index contributed by atoms with van der Waals surface area (Å²) in [5.41, 5.74) is -0.713. The minimum Gasteiger partial charge on any atom is -0.507 e. The molecule has 5 nitrogen and oxygen atoms in total. The van der Waals surface area contributed by atoms with Crippen molar-refractivity contribution in [3.05, 3.63) is 52.0 Å². The van der Waals surface area contributed by atoms with Gasteiger partial charge in [-0.05, 0) is 24.1 Å². The van der Waals surface area contributed by atoms with Gasteiger partial charge < -0.3 is 20.6 Å². The molecule has 2 rings (SSSR count). The van der Waals surface area contributed by atoms with Crippen LogP contribution in [0.4, 0.5) is 13.2 Å². The molecule has 0 saturated heterocycles. The van der Waals surface area contributed by atoms with Crippen molar-refractivity contribution in [2.24, 2.45) is 0 Å². The molecule has 0 unspecified atom stereocenters. The zero-order valence-corrected chi connectivity index (χ0v) is 13.3. The topological polar surface area (TPSA) is 89.8 Å². The van der Waals surface area contributed by atoms with Crippen LogP contribution in [-0.2, 0) is 12.6 Å². The van der Waals surface area contributed by atoms with Crippen LogP contribution in [0.3, 0.4) is 0 Å². The third kappa shape index (κ3) is 4.27. The summed E-state index contributed by atoms with van der Waals surface area (Å²) in [6.45, 7) is 0.0432. The highest BCUT2D eigenvalue weighted by Crippen LogP contribution is 2.40. The Morgan fingerprint density at radius 2 is 1.68 bits per heavy atom. The minimum absolute atomic E-state index is 0.0432.